The highest BCUT2D eigenvalue weighted by Crippen LogP contribution is 2.22. The first-order chi connectivity index (χ1) is 11.1. The predicted octanol–water partition coefficient (Wildman–Crippen LogP) is 0.156. The van der Waals surface area contributed by atoms with Gasteiger partial charge in [0.2, 0.25) is 5.91 Å². The van der Waals surface area contributed by atoms with E-state index in [9.17, 15) is 14.4 Å². The molecule has 0 bridgehead atoms. The minimum atomic E-state index is -0.426. The standard InChI is InChI=1S/C16H18N2O5/c1-17(8-11-10-22-6-7-23-11)14(19)9-18-15(20)12-4-2-3-5-13(12)16(18)21/h2-5,11H,6-10H2,1H3/t11-/m0/s1. The van der Waals surface area contributed by atoms with Crippen LogP contribution in [0.4, 0.5) is 0 Å². The Bertz CT molecular complexity index is 604. The molecule has 0 aliphatic carbocycles. The average Bonchev–Trinajstić information content (AvgIpc) is 2.81. The Hall–Kier alpha value is -2.25. The molecule has 1 saturated heterocycles. The van der Waals surface area contributed by atoms with Gasteiger partial charge in [0.25, 0.3) is 11.8 Å². The molecule has 2 aliphatic rings. The van der Waals surface area contributed by atoms with Crippen LogP contribution in [-0.4, -0.2) is 73.6 Å². The van der Waals surface area contributed by atoms with E-state index in [2.05, 4.69) is 0 Å². The third-order valence-corrected chi connectivity index (χ3v) is 3.96. The van der Waals surface area contributed by atoms with Gasteiger partial charge in [-0.3, -0.25) is 19.3 Å². The van der Waals surface area contributed by atoms with Gasteiger partial charge in [-0.15, -0.1) is 0 Å². The molecule has 7 heteroatoms. The van der Waals surface area contributed by atoms with E-state index in [4.69, 9.17) is 9.47 Å². The smallest absolute Gasteiger partial charge is 0.262 e. The fraction of sp³-hybridized carbons (Fsp3) is 0.438. The highest BCUT2D eigenvalue weighted by molar-refractivity contribution is 6.22. The number of benzene rings is 1. The summed E-state index contributed by atoms with van der Waals surface area (Å²) in [6, 6.07) is 6.58. The minimum Gasteiger partial charge on any atom is -0.376 e. The molecule has 2 aliphatic heterocycles. The van der Waals surface area contributed by atoms with Gasteiger partial charge in [-0.1, -0.05) is 12.1 Å². The molecule has 0 spiro atoms. The molecule has 3 rings (SSSR count). The van der Waals surface area contributed by atoms with Gasteiger partial charge in [0.05, 0.1) is 37.1 Å². The van der Waals surface area contributed by atoms with E-state index in [1.54, 1.807) is 31.3 Å². The molecule has 23 heavy (non-hydrogen) atoms. The number of amides is 3. The van der Waals surface area contributed by atoms with Gasteiger partial charge in [-0.05, 0) is 12.1 Å². The summed E-state index contributed by atoms with van der Waals surface area (Å²) >= 11 is 0. The lowest BCUT2D eigenvalue weighted by Gasteiger charge is -2.28. The first-order valence-corrected chi connectivity index (χ1v) is 7.46. The van der Waals surface area contributed by atoms with Crippen LogP contribution < -0.4 is 0 Å². The lowest BCUT2D eigenvalue weighted by atomic mass is 10.1. The summed E-state index contributed by atoms with van der Waals surface area (Å²) < 4.78 is 10.8. The molecule has 0 N–H and O–H groups in total. The Morgan fingerprint density at radius 1 is 1.22 bits per heavy atom. The van der Waals surface area contributed by atoms with Crippen LogP contribution in [-0.2, 0) is 14.3 Å². The van der Waals surface area contributed by atoms with E-state index in [-0.39, 0.29) is 18.6 Å². The Morgan fingerprint density at radius 3 is 2.43 bits per heavy atom. The second-order valence-electron chi connectivity index (χ2n) is 5.58. The number of ether oxygens (including phenoxy) is 2. The number of imide groups is 1. The second kappa shape index (κ2) is 6.47. The molecule has 2 heterocycles. The SMILES string of the molecule is CN(C[C@H]1COCCO1)C(=O)CN1C(=O)c2ccccc2C1=O. The van der Waals surface area contributed by atoms with Crippen LogP contribution in [0.1, 0.15) is 20.7 Å². The zero-order chi connectivity index (χ0) is 16.4. The molecule has 0 aromatic heterocycles. The van der Waals surface area contributed by atoms with E-state index in [0.29, 0.717) is 37.5 Å². The third kappa shape index (κ3) is 3.11. The van der Waals surface area contributed by atoms with Crippen LogP contribution in [0.15, 0.2) is 24.3 Å². The molecular weight excluding hydrogens is 300 g/mol. The normalized spacial score (nSPS) is 20.6. The van der Waals surface area contributed by atoms with E-state index >= 15 is 0 Å². The lowest BCUT2D eigenvalue weighted by molar-refractivity contribution is -0.136. The summed E-state index contributed by atoms with van der Waals surface area (Å²) in [6.45, 7) is 1.59. The number of hydrogen-bond donors (Lipinski definition) is 0. The number of fused-ring (bicyclic) bond motifs is 1. The van der Waals surface area contributed by atoms with Crippen molar-refractivity contribution in [3.05, 3.63) is 35.4 Å². The predicted molar refractivity (Wildman–Crippen MR) is 80.0 cm³/mol. The molecule has 1 atom stereocenters. The van der Waals surface area contributed by atoms with Gasteiger partial charge in [-0.2, -0.15) is 0 Å². The lowest BCUT2D eigenvalue weighted by Crippen LogP contribution is -2.45. The zero-order valence-electron chi connectivity index (χ0n) is 12.9. The van der Waals surface area contributed by atoms with Gasteiger partial charge in [0, 0.05) is 13.6 Å². The van der Waals surface area contributed by atoms with Crippen molar-refractivity contribution in [1.82, 2.24) is 9.80 Å². The quantitative estimate of drug-likeness (QED) is 0.739. The Morgan fingerprint density at radius 2 is 1.87 bits per heavy atom. The largest absolute Gasteiger partial charge is 0.376 e. The topological polar surface area (TPSA) is 76.2 Å². The molecule has 1 aromatic rings. The summed E-state index contributed by atoms with van der Waals surface area (Å²) in [5.74, 6) is -1.16. The first kappa shape index (κ1) is 15.6. The Labute approximate surface area is 133 Å². The summed E-state index contributed by atoms with van der Waals surface area (Å²) in [5.41, 5.74) is 0.689. The van der Waals surface area contributed by atoms with Crippen LogP contribution in [0.2, 0.25) is 0 Å². The van der Waals surface area contributed by atoms with Crippen molar-refractivity contribution in [1.29, 1.82) is 0 Å². The molecule has 122 valence electrons. The van der Waals surface area contributed by atoms with Crippen molar-refractivity contribution in [3.8, 4) is 0 Å². The van der Waals surface area contributed by atoms with E-state index in [0.717, 1.165) is 4.90 Å². The fourth-order valence-electron chi connectivity index (χ4n) is 2.69. The molecule has 7 nitrogen and oxygen atoms in total. The summed E-state index contributed by atoms with van der Waals surface area (Å²) in [4.78, 5) is 39.2. The summed E-state index contributed by atoms with van der Waals surface area (Å²) in [5, 5.41) is 0. The molecule has 0 saturated carbocycles. The number of likely N-dealkylation sites (N-methyl/N-ethyl adjacent to an activating group) is 1. The van der Waals surface area contributed by atoms with Crippen LogP contribution in [0.3, 0.4) is 0 Å². The number of carbonyl (C=O) groups excluding carboxylic acids is 3. The van der Waals surface area contributed by atoms with Crippen molar-refractivity contribution in [2.75, 3.05) is 40.0 Å². The Kier molecular flexibility index (Phi) is 4.40. The van der Waals surface area contributed by atoms with Gasteiger partial charge < -0.3 is 14.4 Å². The van der Waals surface area contributed by atoms with Gasteiger partial charge in [0.15, 0.2) is 0 Å². The summed E-state index contributed by atoms with van der Waals surface area (Å²) in [7, 11) is 1.62. The van der Waals surface area contributed by atoms with Crippen molar-refractivity contribution in [2.24, 2.45) is 0 Å². The summed E-state index contributed by atoms with van der Waals surface area (Å²) in [6.07, 6.45) is -0.181. The molecule has 1 aromatic carbocycles. The molecular formula is C16H18N2O5. The van der Waals surface area contributed by atoms with Gasteiger partial charge in [0.1, 0.15) is 6.54 Å². The van der Waals surface area contributed by atoms with Crippen molar-refractivity contribution >= 4 is 17.7 Å². The van der Waals surface area contributed by atoms with E-state index in [1.165, 1.54) is 4.90 Å². The number of rotatable bonds is 4. The number of hydrogen-bond acceptors (Lipinski definition) is 5. The zero-order valence-corrected chi connectivity index (χ0v) is 12.9. The molecule has 0 unspecified atom stereocenters. The van der Waals surface area contributed by atoms with Crippen molar-refractivity contribution in [3.63, 3.8) is 0 Å². The molecule has 1 fully saturated rings. The maximum absolute atomic E-state index is 12.3. The molecule has 0 radical (unpaired) electrons. The van der Waals surface area contributed by atoms with Crippen LogP contribution in [0.5, 0.6) is 0 Å². The average molecular weight is 318 g/mol. The van der Waals surface area contributed by atoms with Crippen LogP contribution >= 0.6 is 0 Å². The maximum atomic E-state index is 12.3. The minimum absolute atomic E-state index is 0.181. The van der Waals surface area contributed by atoms with Crippen LogP contribution in [0.25, 0.3) is 0 Å². The highest BCUT2D eigenvalue weighted by atomic mass is 16.6. The number of carbonyl (C=O) groups is 3. The second-order valence-corrected chi connectivity index (χ2v) is 5.58. The van der Waals surface area contributed by atoms with E-state index < -0.39 is 11.8 Å². The Balaban J connectivity index is 1.62. The third-order valence-electron chi connectivity index (χ3n) is 3.96. The monoisotopic (exact) mass is 318 g/mol. The maximum Gasteiger partial charge on any atom is 0.262 e. The highest BCUT2D eigenvalue weighted by Gasteiger charge is 2.36. The number of nitrogens with zero attached hydrogens (tertiary/aromatic N) is 2. The van der Waals surface area contributed by atoms with Crippen LogP contribution in [0, 0.1) is 0 Å². The first-order valence-electron chi connectivity index (χ1n) is 7.46. The fourth-order valence-corrected chi connectivity index (χ4v) is 2.69. The van der Waals surface area contributed by atoms with Crippen molar-refractivity contribution < 1.29 is 23.9 Å². The molecule has 3 amide bonds. The van der Waals surface area contributed by atoms with Gasteiger partial charge in [-0.25, -0.2) is 0 Å². The van der Waals surface area contributed by atoms with Gasteiger partial charge >= 0.3 is 0 Å². The van der Waals surface area contributed by atoms with Crippen molar-refractivity contribution in [2.45, 2.75) is 6.10 Å². The van der Waals surface area contributed by atoms with E-state index in [1.807, 2.05) is 0 Å².